The predicted octanol–water partition coefficient (Wildman–Crippen LogP) is 3.52. The van der Waals surface area contributed by atoms with Gasteiger partial charge in [-0.3, -0.25) is 4.79 Å². The number of primary sulfonamides is 1. The van der Waals surface area contributed by atoms with E-state index < -0.39 is 15.9 Å². The maximum Gasteiger partial charge on any atom is 0.257 e. The molecular formula is C24H25N3O5S. The second kappa shape index (κ2) is 9.62. The van der Waals surface area contributed by atoms with Gasteiger partial charge in [0.2, 0.25) is 10.0 Å². The predicted molar refractivity (Wildman–Crippen MR) is 126 cm³/mol. The van der Waals surface area contributed by atoms with Crippen LogP contribution in [0.2, 0.25) is 0 Å². The molecule has 1 fully saturated rings. The Hall–Kier alpha value is -3.40. The highest BCUT2D eigenvalue weighted by Crippen LogP contribution is 2.27. The minimum Gasteiger partial charge on any atom is -0.457 e. The first-order valence-corrected chi connectivity index (χ1v) is 12.0. The number of rotatable bonds is 6. The molecule has 4 rings (SSSR count). The first-order valence-electron chi connectivity index (χ1n) is 10.4. The summed E-state index contributed by atoms with van der Waals surface area (Å²) in [6.45, 7) is 4.26. The molecule has 1 heterocycles. The van der Waals surface area contributed by atoms with E-state index in [9.17, 15) is 13.2 Å². The van der Waals surface area contributed by atoms with Gasteiger partial charge in [0.1, 0.15) is 11.5 Å². The lowest BCUT2D eigenvalue weighted by Crippen LogP contribution is -2.37. The highest BCUT2D eigenvalue weighted by Gasteiger charge is 2.22. The average Bonchev–Trinajstić information content (AvgIpc) is 2.81. The van der Waals surface area contributed by atoms with Crippen molar-refractivity contribution in [1.29, 1.82) is 0 Å². The van der Waals surface area contributed by atoms with Crippen LogP contribution in [0.15, 0.2) is 71.6 Å². The maximum atomic E-state index is 13.1. The number of carbonyl (C=O) groups is 1. The van der Waals surface area contributed by atoms with Crippen molar-refractivity contribution in [2.24, 2.45) is 5.14 Å². The van der Waals surface area contributed by atoms with E-state index in [1.165, 1.54) is 12.1 Å². The highest BCUT2D eigenvalue weighted by molar-refractivity contribution is 7.89. The molecule has 0 unspecified atom stereocenters. The number of anilines is 2. The lowest BCUT2D eigenvalue weighted by atomic mass is 10.1. The quantitative estimate of drug-likeness (QED) is 0.574. The molecule has 1 saturated heterocycles. The van der Waals surface area contributed by atoms with Crippen LogP contribution in [0, 0.1) is 6.92 Å². The zero-order valence-electron chi connectivity index (χ0n) is 18.2. The van der Waals surface area contributed by atoms with E-state index in [0.29, 0.717) is 49.2 Å². The molecule has 1 aliphatic rings. The van der Waals surface area contributed by atoms with E-state index in [2.05, 4.69) is 5.32 Å². The monoisotopic (exact) mass is 467 g/mol. The number of nitrogens with two attached hydrogens (primary N) is 1. The summed E-state index contributed by atoms with van der Waals surface area (Å²) in [6.07, 6.45) is 0. The normalized spacial score (nSPS) is 14.1. The zero-order valence-corrected chi connectivity index (χ0v) is 19.0. The van der Waals surface area contributed by atoms with Gasteiger partial charge < -0.3 is 19.7 Å². The smallest absolute Gasteiger partial charge is 0.257 e. The zero-order chi connectivity index (χ0) is 23.4. The average molecular weight is 468 g/mol. The van der Waals surface area contributed by atoms with Gasteiger partial charge in [-0.05, 0) is 61.5 Å². The number of ether oxygens (including phenoxy) is 2. The number of morpholine rings is 1. The molecule has 0 aromatic heterocycles. The van der Waals surface area contributed by atoms with Crippen LogP contribution < -0.4 is 20.1 Å². The van der Waals surface area contributed by atoms with Gasteiger partial charge in [-0.15, -0.1) is 0 Å². The number of hydrogen-bond acceptors (Lipinski definition) is 6. The first kappa shape index (κ1) is 22.8. The number of hydrogen-bond donors (Lipinski definition) is 2. The Morgan fingerprint density at radius 2 is 1.58 bits per heavy atom. The van der Waals surface area contributed by atoms with Crippen LogP contribution in [0.3, 0.4) is 0 Å². The maximum absolute atomic E-state index is 13.1. The van der Waals surface area contributed by atoms with Crippen molar-refractivity contribution in [3.05, 3.63) is 77.9 Å². The number of amides is 1. The van der Waals surface area contributed by atoms with Crippen LogP contribution in [0.5, 0.6) is 11.5 Å². The highest BCUT2D eigenvalue weighted by atomic mass is 32.2. The molecule has 1 aliphatic heterocycles. The molecule has 33 heavy (non-hydrogen) atoms. The summed E-state index contributed by atoms with van der Waals surface area (Å²) in [6, 6.07) is 19.0. The van der Waals surface area contributed by atoms with Crippen molar-refractivity contribution in [3.63, 3.8) is 0 Å². The number of nitrogens with one attached hydrogen (secondary N) is 1. The summed E-state index contributed by atoms with van der Waals surface area (Å²) in [5, 5.41) is 8.11. The third-order valence-corrected chi connectivity index (χ3v) is 6.17. The lowest BCUT2D eigenvalue weighted by molar-refractivity contribution is 0.102. The molecule has 1 amide bonds. The SMILES string of the molecule is Cc1ccc(Oc2ccc(NC(=O)c3cc(S(N)(=O)=O)ccc3N3CCOCC3)cc2)cc1. The van der Waals surface area contributed by atoms with Gasteiger partial charge in [0.15, 0.2) is 0 Å². The van der Waals surface area contributed by atoms with Crippen LogP contribution in [0.25, 0.3) is 0 Å². The Morgan fingerprint density at radius 3 is 2.18 bits per heavy atom. The fourth-order valence-corrected chi connectivity index (χ4v) is 4.04. The molecule has 3 aromatic carbocycles. The molecule has 0 atom stereocenters. The van der Waals surface area contributed by atoms with E-state index in [0.717, 1.165) is 5.56 Å². The molecule has 0 aliphatic carbocycles. The number of aryl methyl sites for hydroxylation is 1. The number of nitrogens with zero attached hydrogens (tertiary/aromatic N) is 1. The lowest BCUT2D eigenvalue weighted by Gasteiger charge is -2.30. The van der Waals surface area contributed by atoms with Crippen molar-refractivity contribution in [2.45, 2.75) is 11.8 Å². The van der Waals surface area contributed by atoms with Gasteiger partial charge in [0.25, 0.3) is 5.91 Å². The Kier molecular flexibility index (Phi) is 6.64. The van der Waals surface area contributed by atoms with E-state index in [4.69, 9.17) is 14.6 Å². The van der Waals surface area contributed by atoms with E-state index in [1.807, 2.05) is 36.1 Å². The van der Waals surface area contributed by atoms with Crippen LogP contribution in [-0.2, 0) is 14.8 Å². The van der Waals surface area contributed by atoms with Crippen molar-refractivity contribution in [2.75, 3.05) is 36.5 Å². The Balaban J connectivity index is 1.54. The van der Waals surface area contributed by atoms with Crippen LogP contribution in [-0.4, -0.2) is 40.6 Å². The first-order chi connectivity index (χ1) is 15.8. The summed E-state index contributed by atoms with van der Waals surface area (Å²) >= 11 is 0. The summed E-state index contributed by atoms with van der Waals surface area (Å²) in [7, 11) is -3.96. The van der Waals surface area contributed by atoms with Crippen molar-refractivity contribution >= 4 is 27.3 Å². The molecular weight excluding hydrogens is 442 g/mol. The van der Waals surface area contributed by atoms with Crippen LogP contribution in [0.1, 0.15) is 15.9 Å². The van der Waals surface area contributed by atoms with Gasteiger partial charge in [0, 0.05) is 24.5 Å². The van der Waals surface area contributed by atoms with E-state index in [-0.39, 0.29) is 10.5 Å². The van der Waals surface area contributed by atoms with Crippen LogP contribution >= 0.6 is 0 Å². The summed E-state index contributed by atoms with van der Waals surface area (Å²) in [5.41, 5.74) is 2.54. The standard InChI is InChI=1S/C24H25N3O5S/c1-17-2-6-19(7-3-17)32-20-8-4-18(5-9-20)26-24(28)22-16-21(33(25,29)30)10-11-23(22)27-12-14-31-15-13-27/h2-11,16H,12-15H2,1H3,(H,26,28)(H2,25,29,30). The minimum absolute atomic E-state index is 0.119. The fraction of sp³-hybridized carbons (Fsp3) is 0.208. The summed E-state index contributed by atoms with van der Waals surface area (Å²) in [5.74, 6) is 0.906. The van der Waals surface area contributed by atoms with Crippen LogP contribution in [0.4, 0.5) is 11.4 Å². The second-order valence-electron chi connectivity index (χ2n) is 7.72. The van der Waals surface area contributed by atoms with Crippen molar-refractivity contribution in [1.82, 2.24) is 0 Å². The van der Waals surface area contributed by atoms with Gasteiger partial charge in [-0.2, -0.15) is 0 Å². The fourth-order valence-electron chi connectivity index (χ4n) is 3.50. The Morgan fingerprint density at radius 1 is 0.970 bits per heavy atom. The molecule has 0 spiro atoms. The van der Waals surface area contributed by atoms with Crippen molar-refractivity contribution < 1.29 is 22.7 Å². The third kappa shape index (κ3) is 5.70. The molecule has 172 valence electrons. The number of sulfonamides is 1. The minimum atomic E-state index is -3.96. The molecule has 0 radical (unpaired) electrons. The summed E-state index contributed by atoms with van der Waals surface area (Å²) < 4.78 is 34.9. The van der Waals surface area contributed by atoms with Gasteiger partial charge >= 0.3 is 0 Å². The molecule has 3 aromatic rings. The van der Waals surface area contributed by atoms with Gasteiger partial charge in [-0.25, -0.2) is 13.6 Å². The second-order valence-corrected chi connectivity index (χ2v) is 9.28. The number of carbonyl (C=O) groups excluding carboxylic acids is 1. The molecule has 3 N–H and O–H groups in total. The van der Waals surface area contributed by atoms with Gasteiger partial charge in [0.05, 0.1) is 23.7 Å². The van der Waals surface area contributed by atoms with Gasteiger partial charge in [-0.1, -0.05) is 17.7 Å². The Bertz CT molecular complexity index is 1240. The topological polar surface area (TPSA) is 111 Å². The van der Waals surface area contributed by atoms with Crippen molar-refractivity contribution in [3.8, 4) is 11.5 Å². The Labute approximate surface area is 193 Å². The summed E-state index contributed by atoms with van der Waals surface area (Å²) in [4.78, 5) is 15.0. The molecule has 0 bridgehead atoms. The van der Waals surface area contributed by atoms with E-state index >= 15 is 0 Å². The molecule has 8 nitrogen and oxygen atoms in total. The molecule has 0 saturated carbocycles. The third-order valence-electron chi connectivity index (χ3n) is 5.26. The number of benzene rings is 3. The molecule has 9 heteroatoms. The van der Waals surface area contributed by atoms with E-state index in [1.54, 1.807) is 30.3 Å². The largest absolute Gasteiger partial charge is 0.457 e.